The number of benzene rings is 1. The van der Waals surface area contributed by atoms with Crippen LogP contribution in [-0.2, 0) is 9.59 Å². The molecule has 0 radical (unpaired) electrons. The standard InChI is InChI=1S/C20H12N2O7/c1-9-14(17(23)22-18(24)15(9)8-21)7-13-2-3-16(29-13)10-4-11(19(25)26)6-12(5-10)20(27)28/h2-7H,1H3,(H,25,26)(H,27,28)(H,22,23,24)/b14-7-. The lowest BCUT2D eigenvalue weighted by atomic mass is 9.96. The molecule has 0 bridgehead atoms. The van der Waals surface area contributed by atoms with E-state index in [1.54, 1.807) is 6.07 Å². The molecule has 1 aliphatic rings. The van der Waals surface area contributed by atoms with Gasteiger partial charge in [-0.15, -0.1) is 0 Å². The smallest absolute Gasteiger partial charge is 0.335 e. The van der Waals surface area contributed by atoms with Crippen molar-refractivity contribution in [1.82, 2.24) is 5.32 Å². The number of amides is 2. The third-order valence-electron chi connectivity index (χ3n) is 4.21. The highest BCUT2D eigenvalue weighted by molar-refractivity contribution is 6.19. The van der Waals surface area contributed by atoms with E-state index in [2.05, 4.69) is 5.32 Å². The Kier molecular flexibility index (Phi) is 4.85. The minimum Gasteiger partial charge on any atom is -0.478 e. The van der Waals surface area contributed by atoms with Crippen LogP contribution in [0.4, 0.5) is 0 Å². The van der Waals surface area contributed by atoms with Gasteiger partial charge in [0.1, 0.15) is 23.2 Å². The van der Waals surface area contributed by atoms with Crippen molar-refractivity contribution in [3.05, 3.63) is 63.9 Å². The average Bonchev–Trinajstić information content (AvgIpc) is 3.13. The third-order valence-corrected chi connectivity index (χ3v) is 4.21. The fourth-order valence-electron chi connectivity index (χ4n) is 2.76. The number of nitriles is 1. The van der Waals surface area contributed by atoms with Crippen molar-refractivity contribution in [2.75, 3.05) is 0 Å². The van der Waals surface area contributed by atoms with E-state index in [4.69, 9.17) is 9.68 Å². The molecule has 29 heavy (non-hydrogen) atoms. The normalized spacial score (nSPS) is 15.2. The second kappa shape index (κ2) is 7.28. The molecule has 0 atom stereocenters. The van der Waals surface area contributed by atoms with Gasteiger partial charge in [-0.1, -0.05) is 0 Å². The van der Waals surface area contributed by atoms with Crippen LogP contribution in [0.5, 0.6) is 0 Å². The van der Waals surface area contributed by atoms with E-state index < -0.39 is 23.8 Å². The molecule has 0 fully saturated rings. The summed E-state index contributed by atoms with van der Waals surface area (Å²) in [7, 11) is 0. The van der Waals surface area contributed by atoms with Crippen molar-refractivity contribution in [1.29, 1.82) is 5.26 Å². The van der Waals surface area contributed by atoms with Crippen LogP contribution in [0.25, 0.3) is 17.4 Å². The minimum atomic E-state index is -1.29. The molecule has 0 saturated heterocycles. The number of rotatable bonds is 4. The van der Waals surface area contributed by atoms with E-state index in [1.807, 2.05) is 0 Å². The Hall–Kier alpha value is -4.45. The average molecular weight is 392 g/mol. The van der Waals surface area contributed by atoms with Gasteiger partial charge in [-0.25, -0.2) is 9.59 Å². The van der Waals surface area contributed by atoms with Crippen LogP contribution in [0.2, 0.25) is 0 Å². The van der Waals surface area contributed by atoms with Gasteiger partial charge in [-0.3, -0.25) is 14.9 Å². The molecule has 3 N–H and O–H groups in total. The number of aromatic carboxylic acids is 2. The summed E-state index contributed by atoms with van der Waals surface area (Å²) in [4.78, 5) is 46.2. The van der Waals surface area contributed by atoms with Gasteiger partial charge < -0.3 is 14.6 Å². The molecule has 0 aliphatic carbocycles. The highest BCUT2D eigenvalue weighted by Crippen LogP contribution is 2.28. The Morgan fingerprint density at radius 2 is 1.69 bits per heavy atom. The summed E-state index contributed by atoms with van der Waals surface area (Å²) in [5.41, 5.74) is -0.159. The molecular weight excluding hydrogens is 380 g/mol. The van der Waals surface area contributed by atoms with Gasteiger partial charge in [0, 0.05) is 11.1 Å². The van der Waals surface area contributed by atoms with E-state index in [9.17, 15) is 29.4 Å². The van der Waals surface area contributed by atoms with Crippen molar-refractivity contribution in [2.45, 2.75) is 6.92 Å². The van der Waals surface area contributed by atoms with Crippen LogP contribution in [-0.4, -0.2) is 34.0 Å². The van der Waals surface area contributed by atoms with Crippen LogP contribution in [0, 0.1) is 11.3 Å². The zero-order valence-electron chi connectivity index (χ0n) is 14.8. The zero-order valence-corrected chi connectivity index (χ0v) is 14.8. The zero-order chi connectivity index (χ0) is 21.3. The van der Waals surface area contributed by atoms with Gasteiger partial charge in [-0.05, 0) is 48.9 Å². The molecule has 2 heterocycles. The first kappa shape index (κ1) is 19.3. The summed E-state index contributed by atoms with van der Waals surface area (Å²) in [6.45, 7) is 1.46. The molecular formula is C20H12N2O7. The first-order valence-electron chi connectivity index (χ1n) is 8.12. The highest BCUT2D eigenvalue weighted by atomic mass is 16.4. The maximum Gasteiger partial charge on any atom is 0.335 e. The molecule has 9 nitrogen and oxygen atoms in total. The quantitative estimate of drug-likeness (QED) is 0.528. The number of hydrogen-bond acceptors (Lipinski definition) is 6. The third kappa shape index (κ3) is 3.68. The SMILES string of the molecule is CC1=C(C#N)C(=O)NC(=O)/C1=C\c1ccc(-c2cc(C(=O)O)cc(C(=O)O)c2)o1. The fourth-order valence-corrected chi connectivity index (χ4v) is 2.76. The molecule has 1 aliphatic heterocycles. The summed E-state index contributed by atoms with van der Waals surface area (Å²) < 4.78 is 5.60. The van der Waals surface area contributed by atoms with E-state index in [-0.39, 0.29) is 44.9 Å². The molecule has 0 saturated carbocycles. The minimum absolute atomic E-state index is 0.0626. The summed E-state index contributed by atoms with van der Waals surface area (Å²) in [5.74, 6) is -3.69. The lowest BCUT2D eigenvalue weighted by Crippen LogP contribution is -2.37. The lowest BCUT2D eigenvalue weighted by Gasteiger charge is -2.15. The number of carbonyl (C=O) groups excluding carboxylic acids is 2. The Labute approximate surface area is 163 Å². The van der Waals surface area contributed by atoms with E-state index in [1.165, 1.54) is 37.3 Å². The Morgan fingerprint density at radius 1 is 1.07 bits per heavy atom. The largest absolute Gasteiger partial charge is 0.478 e. The van der Waals surface area contributed by atoms with Gasteiger partial charge in [0.25, 0.3) is 11.8 Å². The van der Waals surface area contributed by atoms with Crippen LogP contribution in [0.1, 0.15) is 33.4 Å². The molecule has 0 spiro atoms. The summed E-state index contributed by atoms with van der Waals surface area (Å²) >= 11 is 0. The summed E-state index contributed by atoms with van der Waals surface area (Å²) in [5, 5.41) is 29.5. The van der Waals surface area contributed by atoms with Crippen LogP contribution in [0.3, 0.4) is 0 Å². The number of carboxylic acids is 2. The van der Waals surface area contributed by atoms with Crippen molar-refractivity contribution >= 4 is 29.8 Å². The van der Waals surface area contributed by atoms with Crippen LogP contribution in [0.15, 0.2) is 51.5 Å². The van der Waals surface area contributed by atoms with Gasteiger partial charge in [0.2, 0.25) is 0 Å². The predicted octanol–water partition coefficient (Wildman–Crippen LogP) is 2.22. The molecule has 1 aromatic heterocycles. The summed E-state index contributed by atoms with van der Waals surface area (Å²) in [6, 6.07) is 8.25. The number of nitrogens with one attached hydrogen (secondary N) is 1. The number of carboxylic acid groups (broad SMARTS) is 2. The molecule has 2 amide bonds. The maximum atomic E-state index is 12.1. The Balaban J connectivity index is 2.06. The second-order valence-electron chi connectivity index (χ2n) is 6.06. The van der Waals surface area contributed by atoms with Crippen LogP contribution >= 0.6 is 0 Å². The number of furan rings is 1. The molecule has 2 aromatic rings. The Bertz CT molecular complexity index is 1160. The van der Waals surface area contributed by atoms with Crippen molar-refractivity contribution < 1.29 is 33.8 Å². The first-order chi connectivity index (χ1) is 13.7. The first-order valence-corrected chi connectivity index (χ1v) is 8.12. The van der Waals surface area contributed by atoms with Crippen molar-refractivity contribution in [3.63, 3.8) is 0 Å². The number of imide groups is 1. The lowest BCUT2D eigenvalue weighted by molar-refractivity contribution is -0.126. The summed E-state index contributed by atoms with van der Waals surface area (Å²) in [6.07, 6.45) is 1.33. The molecule has 1 aromatic carbocycles. The van der Waals surface area contributed by atoms with Gasteiger partial charge in [0.15, 0.2) is 0 Å². The van der Waals surface area contributed by atoms with E-state index in [0.717, 1.165) is 6.07 Å². The number of hydrogen-bond donors (Lipinski definition) is 3. The topological polar surface area (TPSA) is 158 Å². The van der Waals surface area contributed by atoms with Gasteiger partial charge >= 0.3 is 11.9 Å². The van der Waals surface area contributed by atoms with Gasteiger partial charge in [0.05, 0.1) is 11.1 Å². The van der Waals surface area contributed by atoms with Gasteiger partial charge in [-0.2, -0.15) is 5.26 Å². The number of nitrogens with zero attached hydrogens (tertiary/aromatic N) is 1. The molecule has 0 unspecified atom stereocenters. The number of carbonyl (C=O) groups is 4. The van der Waals surface area contributed by atoms with Crippen molar-refractivity contribution in [3.8, 4) is 17.4 Å². The molecule has 3 rings (SSSR count). The van der Waals surface area contributed by atoms with E-state index >= 15 is 0 Å². The van der Waals surface area contributed by atoms with Crippen LogP contribution < -0.4 is 5.32 Å². The van der Waals surface area contributed by atoms with Crippen molar-refractivity contribution in [2.24, 2.45) is 0 Å². The maximum absolute atomic E-state index is 12.1. The fraction of sp³-hybridized carbons (Fsp3) is 0.0500. The monoisotopic (exact) mass is 392 g/mol. The molecule has 144 valence electrons. The Morgan fingerprint density at radius 3 is 2.24 bits per heavy atom. The predicted molar refractivity (Wildman–Crippen MR) is 97.5 cm³/mol. The molecule has 9 heteroatoms. The van der Waals surface area contributed by atoms with E-state index in [0.29, 0.717) is 0 Å². The second-order valence-corrected chi connectivity index (χ2v) is 6.06. The highest BCUT2D eigenvalue weighted by Gasteiger charge is 2.27.